The maximum atomic E-state index is 6.03. The summed E-state index contributed by atoms with van der Waals surface area (Å²) in [6, 6.07) is 0. The molecule has 2 unspecified atom stereocenters. The Morgan fingerprint density at radius 2 is 1.78 bits per heavy atom. The Labute approximate surface area is 114 Å². The molecule has 0 rings (SSSR count). The molecule has 110 valence electrons. The summed E-state index contributed by atoms with van der Waals surface area (Å²) in [4.78, 5) is 2.45. The Kier molecular flexibility index (Phi) is 9.70. The fraction of sp³-hybridized carbons (Fsp3) is 1.00. The second kappa shape index (κ2) is 9.76. The van der Waals surface area contributed by atoms with Gasteiger partial charge in [0.1, 0.15) is 0 Å². The van der Waals surface area contributed by atoms with Crippen molar-refractivity contribution in [3.63, 3.8) is 0 Å². The van der Waals surface area contributed by atoms with E-state index in [0.29, 0.717) is 0 Å². The lowest BCUT2D eigenvalue weighted by Gasteiger charge is -2.36. The average Bonchev–Trinajstić information content (AvgIpc) is 2.42. The van der Waals surface area contributed by atoms with Gasteiger partial charge in [0.25, 0.3) is 0 Å². The lowest BCUT2D eigenvalue weighted by atomic mass is 9.84. The highest BCUT2D eigenvalue weighted by Gasteiger charge is 2.27. The van der Waals surface area contributed by atoms with Gasteiger partial charge in [-0.1, -0.05) is 41.0 Å². The number of nitrogens with two attached hydrogens (primary N) is 1. The first-order valence-electron chi connectivity index (χ1n) is 7.74. The van der Waals surface area contributed by atoms with Crippen LogP contribution in [0.4, 0.5) is 0 Å². The standard InChI is InChI=1S/C15H35N3/c1-6-14(5)12-15(7-2,13-16)17-10-11-18(8-3)9-4/h14,17H,6-13,16H2,1-5H3. The minimum Gasteiger partial charge on any atom is -0.329 e. The molecule has 0 bridgehead atoms. The summed E-state index contributed by atoms with van der Waals surface area (Å²) >= 11 is 0. The van der Waals surface area contributed by atoms with Crippen molar-refractivity contribution in [1.82, 2.24) is 10.2 Å². The monoisotopic (exact) mass is 257 g/mol. The summed E-state index contributed by atoms with van der Waals surface area (Å²) in [5, 5.41) is 3.73. The van der Waals surface area contributed by atoms with E-state index in [1.807, 2.05) is 0 Å². The van der Waals surface area contributed by atoms with Gasteiger partial charge < -0.3 is 16.0 Å². The summed E-state index contributed by atoms with van der Waals surface area (Å²) in [5.41, 5.74) is 6.17. The van der Waals surface area contributed by atoms with Crippen LogP contribution in [0.2, 0.25) is 0 Å². The summed E-state index contributed by atoms with van der Waals surface area (Å²) in [6.07, 6.45) is 3.54. The first kappa shape index (κ1) is 17.9. The molecule has 3 N–H and O–H groups in total. The van der Waals surface area contributed by atoms with Gasteiger partial charge in [-0.25, -0.2) is 0 Å². The maximum Gasteiger partial charge on any atom is 0.0304 e. The van der Waals surface area contributed by atoms with E-state index in [-0.39, 0.29) is 5.54 Å². The Morgan fingerprint density at radius 3 is 2.17 bits per heavy atom. The molecule has 0 amide bonds. The molecule has 0 saturated carbocycles. The highest BCUT2D eigenvalue weighted by Crippen LogP contribution is 2.21. The molecule has 0 aromatic rings. The van der Waals surface area contributed by atoms with Crippen LogP contribution in [0.1, 0.15) is 53.9 Å². The van der Waals surface area contributed by atoms with Gasteiger partial charge in [-0.15, -0.1) is 0 Å². The molecule has 3 heteroatoms. The third-order valence-electron chi connectivity index (χ3n) is 4.33. The van der Waals surface area contributed by atoms with Crippen LogP contribution in [0.15, 0.2) is 0 Å². The van der Waals surface area contributed by atoms with Gasteiger partial charge in [0.2, 0.25) is 0 Å². The van der Waals surface area contributed by atoms with Crippen LogP contribution in [-0.4, -0.2) is 43.2 Å². The molecule has 0 radical (unpaired) electrons. The van der Waals surface area contributed by atoms with Crippen LogP contribution in [0.3, 0.4) is 0 Å². The predicted molar refractivity (Wildman–Crippen MR) is 81.9 cm³/mol. The number of nitrogens with one attached hydrogen (secondary N) is 1. The molecule has 0 aliphatic rings. The summed E-state index contributed by atoms with van der Waals surface area (Å²) in [6.45, 7) is 16.4. The molecule has 0 aromatic carbocycles. The van der Waals surface area contributed by atoms with Crippen molar-refractivity contribution in [3.05, 3.63) is 0 Å². The normalized spacial score (nSPS) is 16.8. The second-order valence-electron chi connectivity index (χ2n) is 5.51. The van der Waals surface area contributed by atoms with Crippen molar-refractivity contribution in [3.8, 4) is 0 Å². The minimum absolute atomic E-state index is 0.141. The van der Waals surface area contributed by atoms with Crippen LogP contribution in [0.5, 0.6) is 0 Å². The van der Waals surface area contributed by atoms with E-state index in [2.05, 4.69) is 44.8 Å². The van der Waals surface area contributed by atoms with Crippen molar-refractivity contribution in [2.45, 2.75) is 59.4 Å². The molecule has 0 spiro atoms. The zero-order valence-electron chi connectivity index (χ0n) is 13.3. The third-order valence-corrected chi connectivity index (χ3v) is 4.33. The van der Waals surface area contributed by atoms with Crippen LogP contribution >= 0.6 is 0 Å². The van der Waals surface area contributed by atoms with Crippen molar-refractivity contribution in [1.29, 1.82) is 0 Å². The van der Waals surface area contributed by atoms with E-state index >= 15 is 0 Å². The molecule has 0 aliphatic carbocycles. The minimum atomic E-state index is 0.141. The fourth-order valence-corrected chi connectivity index (χ4v) is 2.47. The van der Waals surface area contributed by atoms with E-state index in [0.717, 1.165) is 45.1 Å². The zero-order chi connectivity index (χ0) is 14.0. The first-order chi connectivity index (χ1) is 8.57. The number of hydrogen-bond donors (Lipinski definition) is 2. The van der Waals surface area contributed by atoms with E-state index in [4.69, 9.17) is 5.73 Å². The van der Waals surface area contributed by atoms with Gasteiger partial charge in [0.05, 0.1) is 0 Å². The predicted octanol–water partition coefficient (Wildman–Crippen LogP) is 2.46. The lowest BCUT2D eigenvalue weighted by Crippen LogP contribution is -2.53. The van der Waals surface area contributed by atoms with Crippen LogP contribution in [-0.2, 0) is 0 Å². The summed E-state index contributed by atoms with van der Waals surface area (Å²) < 4.78 is 0. The molecule has 0 aliphatic heterocycles. The summed E-state index contributed by atoms with van der Waals surface area (Å²) in [5.74, 6) is 0.745. The molecule has 0 saturated heterocycles. The quantitative estimate of drug-likeness (QED) is 0.597. The Hall–Kier alpha value is -0.120. The van der Waals surface area contributed by atoms with Gasteiger partial charge in [-0.2, -0.15) is 0 Å². The van der Waals surface area contributed by atoms with E-state index < -0.39 is 0 Å². The molecule has 2 atom stereocenters. The van der Waals surface area contributed by atoms with Gasteiger partial charge in [0.15, 0.2) is 0 Å². The van der Waals surface area contributed by atoms with Gasteiger partial charge in [0, 0.05) is 25.2 Å². The maximum absolute atomic E-state index is 6.03. The molecular weight excluding hydrogens is 222 g/mol. The first-order valence-corrected chi connectivity index (χ1v) is 7.74. The number of likely N-dealkylation sites (N-methyl/N-ethyl adjacent to an activating group) is 1. The number of rotatable bonds is 11. The van der Waals surface area contributed by atoms with Crippen molar-refractivity contribution >= 4 is 0 Å². The van der Waals surface area contributed by atoms with E-state index in [1.165, 1.54) is 12.8 Å². The lowest BCUT2D eigenvalue weighted by molar-refractivity contribution is 0.230. The highest BCUT2D eigenvalue weighted by molar-refractivity contribution is 4.89. The summed E-state index contributed by atoms with van der Waals surface area (Å²) in [7, 11) is 0. The molecule has 0 fully saturated rings. The Balaban J connectivity index is 4.25. The van der Waals surface area contributed by atoms with Crippen molar-refractivity contribution in [2.24, 2.45) is 11.7 Å². The van der Waals surface area contributed by atoms with Gasteiger partial charge >= 0.3 is 0 Å². The van der Waals surface area contributed by atoms with Crippen molar-refractivity contribution < 1.29 is 0 Å². The van der Waals surface area contributed by atoms with Crippen LogP contribution in [0.25, 0.3) is 0 Å². The van der Waals surface area contributed by atoms with Crippen LogP contribution < -0.4 is 11.1 Å². The average molecular weight is 257 g/mol. The smallest absolute Gasteiger partial charge is 0.0304 e. The van der Waals surface area contributed by atoms with Gasteiger partial charge in [-0.3, -0.25) is 0 Å². The molecule has 18 heavy (non-hydrogen) atoms. The zero-order valence-corrected chi connectivity index (χ0v) is 13.3. The van der Waals surface area contributed by atoms with Gasteiger partial charge in [-0.05, 0) is 31.8 Å². The van der Waals surface area contributed by atoms with Crippen LogP contribution in [0, 0.1) is 5.92 Å². The number of hydrogen-bond acceptors (Lipinski definition) is 3. The molecular formula is C15H35N3. The Morgan fingerprint density at radius 1 is 1.17 bits per heavy atom. The second-order valence-corrected chi connectivity index (χ2v) is 5.51. The number of nitrogens with zero attached hydrogens (tertiary/aromatic N) is 1. The van der Waals surface area contributed by atoms with E-state index in [1.54, 1.807) is 0 Å². The van der Waals surface area contributed by atoms with E-state index in [9.17, 15) is 0 Å². The SMILES string of the molecule is CCC(C)CC(CC)(CN)NCCN(CC)CC. The molecule has 3 nitrogen and oxygen atoms in total. The Bertz CT molecular complexity index is 186. The molecule has 0 heterocycles. The highest BCUT2D eigenvalue weighted by atomic mass is 15.1. The third kappa shape index (κ3) is 6.17. The fourth-order valence-electron chi connectivity index (χ4n) is 2.47. The van der Waals surface area contributed by atoms with Crippen molar-refractivity contribution in [2.75, 3.05) is 32.7 Å². The largest absolute Gasteiger partial charge is 0.329 e. The topological polar surface area (TPSA) is 41.3 Å². The molecule has 0 aromatic heterocycles.